The van der Waals surface area contributed by atoms with Crippen molar-refractivity contribution < 1.29 is 4.39 Å². The van der Waals surface area contributed by atoms with Crippen molar-refractivity contribution in [2.75, 3.05) is 0 Å². The van der Waals surface area contributed by atoms with E-state index >= 15 is 0 Å². The Morgan fingerprint density at radius 3 is 2.94 bits per heavy atom. The molecule has 2 aromatic rings. The highest BCUT2D eigenvalue weighted by Gasteiger charge is 2.36. The largest absolute Gasteiger partial charge is 0.323 e. The molecule has 0 amide bonds. The van der Waals surface area contributed by atoms with Gasteiger partial charge in [-0.05, 0) is 36.5 Å². The summed E-state index contributed by atoms with van der Waals surface area (Å²) >= 11 is 0. The molecule has 2 aliphatic rings. The highest BCUT2D eigenvalue weighted by atomic mass is 19.1. The van der Waals surface area contributed by atoms with Crippen LogP contribution in [0.25, 0.3) is 11.3 Å². The summed E-state index contributed by atoms with van der Waals surface area (Å²) < 4.78 is 15.6. The molecule has 1 aromatic carbocycles. The molecule has 86 valence electrons. The second-order valence-corrected chi connectivity index (χ2v) is 5.05. The number of aromatic nitrogens is 2. The molecule has 1 aliphatic heterocycles. The quantitative estimate of drug-likeness (QED) is 0.731. The Hall–Kier alpha value is -1.64. The Labute approximate surface area is 99.1 Å². The second kappa shape index (κ2) is 3.19. The van der Waals surface area contributed by atoms with Gasteiger partial charge in [0.25, 0.3) is 0 Å². The molecule has 2 heterocycles. The van der Waals surface area contributed by atoms with E-state index in [9.17, 15) is 4.39 Å². The molecular weight excluding hydrogens is 215 g/mol. The third-order valence-corrected chi connectivity index (χ3v) is 4.17. The number of halogens is 1. The fourth-order valence-corrected chi connectivity index (χ4v) is 3.13. The van der Waals surface area contributed by atoms with E-state index in [1.54, 1.807) is 12.1 Å². The number of hydrogen-bond acceptors (Lipinski definition) is 1. The number of rotatable bonds is 1. The summed E-state index contributed by atoms with van der Waals surface area (Å²) in [6, 6.07) is 5.55. The van der Waals surface area contributed by atoms with E-state index in [1.807, 2.05) is 18.6 Å². The lowest BCUT2D eigenvalue weighted by atomic mass is 9.77. The highest BCUT2D eigenvalue weighted by Crippen LogP contribution is 2.48. The minimum Gasteiger partial charge on any atom is -0.323 e. The zero-order chi connectivity index (χ0) is 11.4. The summed E-state index contributed by atoms with van der Waals surface area (Å²) in [5, 5.41) is 0. The predicted octanol–water partition coefficient (Wildman–Crippen LogP) is 3.39. The van der Waals surface area contributed by atoms with Crippen LogP contribution in [0.5, 0.6) is 0 Å². The fourth-order valence-electron chi connectivity index (χ4n) is 3.13. The molecule has 0 N–H and O–H groups in total. The summed E-state index contributed by atoms with van der Waals surface area (Å²) in [4.78, 5) is 4.20. The van der Waals surface area contributed by atoms with Crippen LogP contribution in [-0.4, -0.2) is 9.55 Å². The topological polar surface area (TPSA) is 17.8 Å². The van der Waals surface area contributed by atoms with Crippen LogP contribution in [0.15, 0.2) is 30.7 Å². The number of hydrogen-bond donors (Lipinski definition) is 0. The summed E-state index contributed by atoms with van der Waals surface area (Å²) in [5.74, 6) is 0.542. The van der Waals surface area contributed by atoms with Gasteiger partial charge in [0.15, 0.2) is 0 Å². The van der Waals surface area contributed by atoms with Gasteiger partial charge in [-0.25, -0.2) is 9.37 Å². The number of imidazole rings is 1. The van der Waals surface area contributed by atoms with E-state index in [4.69, 9.17) is 0 Å². The van der Waals surface area contributed by atoms with Gasteiger partial charge in [0.05, 0.1) is 24.3 Å². The third kappa shape index (κ3) is 1.17. The van der Waals surface area contributed by atoms with Crippen molar-refractivity contribution in [2.45, 2.75) is 25.3 Å². The molecule has 1 aromatic heterocycles. The van der Waals surface area contributed by atoms with Crippen molar-refractivity contribution in [1.82, 2.24) is 9.55 Å². The maximum Gasteiger partial charge on any atom is 0.123 e. The van der Waals surface area contributed by atoms with Crippen LogP contribution >= 0.6 is 0 Å². The standard InChI is InChI=1S/C14H13FN2/c15-10-4-5-11-12(6-10)13-7-16-8-17(13)14(11)9-2-1-3-9/h4-9,14H,1-3H2/t14-/m0/s1. The molecule has 1 atom stereocenters. The second-order valence-electron chi connectivity index (χ2n) is 5.05. The van der Waals surface area contributed by atoms with Crippen molar-refractivity contribution in [1.29, 1.82) is 0 Å². The van der Waals surface area contributed by atoms with Crippen LogP contribution in [0.3, 0.4) is 0 Å². The third-order valence-electron chi connectivity index (χ3n) is 4.17. The molecule has 1 saturated carbocycles. The Morgan fingerprint density at radius 1 is 1.29 bits per heavy atom. The van der Waals surface area contributed by atoms with Gasteiger partial charge < -0.3 is 4.57 Å². The molecule has 1 aliphatic carbocycles. The monoisotopic (exact) mass is 228 g/mol. The number of benzene rings is 1. The lowest BCUT2D eigenvalue weighted by Crippen LogP contribution is -2.23. The number of fused-ring (bicyclic) bond motifs is 3. The first-order chi connectivity index (χ1) is 8.34. The van der Waals surface area contributed by atoms with E-state index in [2.05, 4.69) is 9.55 Å². The molecule has 0 unspecified atom stereocenters. The van der Waals surface area contributed by atoms with Crippen LogP contribution in [0.1, 0.15) is 30.9 Å². The van der Waals surface area contributed by atoms with Gasteiger partial charge >= 0.3 is 0 Å². The highest BCUT2D eigenvalue weighted by molar-refractivity contribution is 5.69. The van der Waals surface area contributed by atoms with Gasteiger partial charge in [-0.1, -0.05) is 12.5 Å². The van der Waals surface area contributed by atoms with Crippen LogP contribution in [0, 0.1) is 11.7 Å². The maximum absolute atomic E-state index is 13.4. The molecule has 1 fully saturated rings. The van der Waals surface area contributed by atoms with E-state index in [-0.39, 0.29) is 5.82 Å². The van der Waals surface area contributed by atoms with Gasteiger partial charge in [0, 0.05) is 5.56 Å². The van der Waals surface area contributed by atoms with Crippen molar-refractivity contribution in [3.63, 3.8) is 0 Å². The fraction of sp³-hybridized carbons (Fsp3) is 0.357. The zero-order valence-corrected chi connectivity index (χ0v) is 9.44. The normalized spacial score (nSPS) is 22.1. The molecular formula is C14H13FN2. The van der Waals surface area contributed by atoms with Crippen molar-refractivity contribution in [3.05, 3.63) is 42.1 Å². The van der Waals surface area contributed by atoms with Crippen LogP contribution in [-0.2, 0) is 0 Å². The molecule has 4 rings (SSSR count). The average molecular weight is 228 g/mol. The maximum atomic E-state index is 13.4. The Bertz CT molecular complexity index is 584. The van der Waals surface area contributed by atoms with Crippen molar-refractivity contribution in [3.8, 4) is 11.3 Å². The zero-order valence-electron chi connectivity index (χ0n) is 9.44. The first-order valence-corrected chi connectivity index (χ1v) is 6.16. The smallest absolute Gasteiger partial charge is 0.123 e. The van der Waals surface area contributed by atoms with Gasteiger partial charge in [0.2, 0.25) is 0 Å². The minimum atomic E-state index is -0.161. The molecule has 0 saturated heterocycles. The lowest BCUT2D eigenvalue weighted by Gasteiger charge is -2.32. The molecule has 17 heavy (non-hydrogen) atoms. The summed E-state index contributed by atoms with van der Waals surface area (Å²) in [6.45, 7) is 0. The Morgan fingerprint density at radius 2 is 2.18 bits per heavy atom. The van der Waals surface area contributed by atoms with E-state index in [0.29, 0.717) is 12.0 Å². The van der Waals surface area contributed by atoms with E-state index < -0.39 is 0 Å². The summed E-state index contributed by atoms with van der Waals surface area (Å²) in [7, 11) is 0. The molecule has 3 heteroatoms. The molecule has 2 nitrogen and oxygen atoms in total. The first kappa shape index (κ1) is 9.40. The predicted molar refractivity (Wildman–Crippen MR) is 63.1 cm³/mol. The van der Waals surface area contributed by atoms with Gasteiger partial charge in [0.1, 0.15) is 5.82 Å². The van der Waals surface area contributed by atoms with Crippen LogP contribution < -0.4 is 0 Å². The SMILES string of the molecule is Fc1ccc2c(c1)-c1cncn1[C@H]2C1CCC1. The minimum absolute atomic E-state index is 0.161. The van der Waals surface area contributed by atoms with Crippen molar-refractivity contribution in [2.24, 2.45) is 5.92 Å². The van der Waals surface area contributed by atoms with E-state index in [0.717, 1.165) is 11.3 Å². The van der Waals surface area contributed by atoms with Crippen LogP contribution in [0.4, 0.5) is 4.39 Å². The first-order valence-electron chi connectivity index (χ1n) is 6.16. The van der Waals surface area contributed by atoms with E-state index in [1.165, 1.54) is 24.8 Å². The lowest BCUT2D eigenvalue weighted by molar-refractivity contribution is 0.243. The summed E-state index contributed by atoms with van der Waals surface area (Å²) in [6.07, 6.45) is 7.60. The summed E-state index contributed by atoms with van der Waals surface area (Å²) in [5.41, 5.74) is 3.37. The molecule has 0 radical (unpaired) electrons. The van der Waals surface area contributed by atoms with Crippen LogP contribution in [0.2, 0.25) is 0 Å². The molecule has 0 spiro atoms. The Balaban J connectivity index is 1.93. The van der Waals surface area contributed by atoms with Gasteiger partial charge in [-0.2, -0.15) is 0 Å². The van der Waals surface area contributed by atoms with Gasteiger partial charge in [-0.3, -0.25) is 0 Å². The van der Waals surface area contributed by atoms with Gasteiger partial charge in [-0.15, -0.1) is 0 Å². The van der Waals surface area contributed by atoms with Crippen molar-refractivity contribution >= 4 is 0 Å². The Kier molecular flexibility index (Phi) is 1.76. The average Bonchev–Trinajstić information content (AvgIpc) is 2.79. The molecule has 0 bridgehead atoms. The number of nitrogens with zero attached hydrogens (tertiary/aromatic N) is 2.